The van der Waals surface area contributed by atoms with Crippen LogP contribution < -0.4 is 5.32 Å². The van der Waals surface area contributed by atoms with Crippen molar-refractivity contribution in [2.45, 2.75) is 13.0 Å². The minimum Gasteiger partial charge on any atom is -0.386 e. The van der Waals surface area contributed by atoms with Crippen LogP contribution in [-0.2, 0) is 10.8 Å². The Morgan fingerprint density at radius 1 is 1.67 bits per heavy atom. The Kier molecular flexibility index (Phi) is 6.09. The average Bonchev–Trinajstić information content (AvgIpc) is 2.77. The molecule has 0 aliphatic heterocycles. The second-order valence-corrected chi connectivity index (χ2v) is 6.01. The minimum atomic E-state index is -0.720. The normalized spacial score (nSPS) is 15.1. The summed E-state index contributed by atoms with van der Waals surface area (Å²) < 4.78 is 11.1. The van der Waals surface area contributed by atoms with E-state index in [4.69, 9.17) is 0 Å². The highest BCUT2D eigenvalue weighted by Gasteiger charge is 2.07. The molecule has 0 spiro atoms. The van der Waals surface area contributed by atoms with Crippen molar-refractivity contribution in [2.75, 3.05) is 24.6 Å². The molecule has 1 rings (SSSR count). The van der Waals surface area contributed by atoms with Crippen LogP contribution in [0, 0.1) is 0 Å². The summed E-state index contributed by atoms with van der Waals surface area (Å²) >= 11 is 1.55. The summed E-state index contributed by atoms with van der Waals surface area (Å²) in [6.07, 6.45) is -0.444. The first-order valence-corrected chi connectivity index (χ1v) is 7.38. The van der Waals surface area contributed by atoms with E-state index in [1.165, 1.54) is 0 Å². The molecule has 1 aromatic rings. The molecule has 86 valence electrons. The second-order valence-electron chi connectivity index (χ2n) is 3.17. The van der Waals surface area contributed by atoms with E-state index in [0.29, 0.717) is 24.6 Å². The van der Waals surface area contributed by atoms with E-state index in [0.717, 1.165) is 4.88 Å². The first kappa shape index (κ1) is 12.8. The molecule has 3 nitrogen and oxygen atoms in total. The largest absolute Gasteiger partial charge is 0.386 e. The van der Waals surface area contributed by atoms with E-state index in [2.05, 4.69) is 5.32 Å². The zero-order valence-electron chi connectivity index (χ0n) is 8.81. The van der Waals surface area contributed by atoms with Gasteiger partial charge in [-0.15, -0.1) is 11.3 Å². The third-order valence-corrected chi connectivity index (χ3v) is 4.31. The first-order valence-electron chi connectivity index (χ1n) is 5.01. The molecule has 15 heavy (non-hydrogen) atoms. The SMILES string of the molecule is CCS(=O)CCNCC(O)c1cccs1. The van der Waals surface area contributed by atoms with E-state index in [1.54, 1.807) is 11.3 Å². The molecule has 1 heterocycles. The molecule has 0 fully saturated rings. The van der Waals surface area contributed by atoms with Gasteiger partial charge in [-0.2, -0.15) is 0 Å². The minimum absolute atomic E-state index is 0.444. The van der Waals surface area contributed by atoms with Gasteiger partial charge in [0.1, 0.15) is 6.10 Å². The molecule has 2 atom stereocenters. The third-order valence-electron chi connectivity index (χ3n) is 2.04. The topological polar surface area (TPSA) is 49.3 Å². The molecular weight excluding hydrogens is 230 g/mol. The monoisotopic (exact) mass is 247 g/mol. The molecule has 0 bridgehead atoms. The lowest BCUT2D eigenvalue weighted by Gasteiger charge is -2.09. The highest BCUT2D eigenvalue weighted by atomic mass is 32.2. The van der Waals surface area contributed by atoms with Crippen LogP contribution in [0.5, 0.6) is 0 Å². The predicted molar refractivity (Wildman–Crippen MR) is 65.7 cm³/mol. The van der Waals surface area contributed by atoms with Crippen molar-refractivity contribution in [3.8, 4) is 0 Å². The van der Waals surface area contributed by atoms with Crippen LogP contribution in [0.2, 0.25) is 0 Å². The van der Waals surface area contributed by atoms with Crippen LogP contribution in [0.15, 0.2) is 17.5 Å². The maximum Gasteiger partial charge on any atom is 0.101 e. The molecule has 1 aromatic heterocycles. The number of rotatable bonds is 7. The summed E-state index contributed by atoms with van der Waals surface area (Å²) in [7, 11) is -0.720. The molecule has 2 unspecified atom stereocenters. The van der Waals surface area contributed by atoms with Crippen LogP contribution in [0.1, 0.15) is 17.9 Å². The van der Waals surface area contributed by atoms with Crippen LogP contribution in [0.3, 0.4) is 0 Å². The summed E-state index contributed by atoms with van der Waals surface area (Å²) in [5.41, 5.74) is 0. The summed E-state index contributed by atoms with van der Waals surface area (Å²) in [4.78, 5) is 0.971. The van der Waals surface area contributed by atoms with Gasteiger partial charge in [0.25, 0.3) is 0 Å². The maximum atomic E-state index is 11.1. The van der Waals surface area contributed by atoms with Crippen LogP contribution in [0.25, 0.3) is 0 Å². The fraction of sp³-hybridized carbons (Fsp3) is 0.600. The van der Waals surface area contributed by atoms with Crippen LogP contribution >= 0.6 is 11.3 Å². The van der Waals surface area contributed by atoms with Crippen LogP contribution in [0.4, 0.5) is 0 Å². The lowest BCUT2D eigenvalue weighted by atomic mass is 10.3. The first-order chi connectivity index (χ1) is 7.24. The molecule has 0 aliphatic carbocycles. The predicted octanol–water partition coefficient (Wildman–Crippen LogP) is 1.14. The molecule has 0 aromatic carbocycles. The molecule has 0 saturated carbocycles. The lowest BCUT2D eigenvalue weighted by Crippen LogP contribution is -2.25. The van der Waals surface area contributed by atoms with Crippen molar-refractivity contribution in [3.05, 3.63) is 22.4 Å². The lowest BCUT2D eigenvalue weighted by molar-refractivity contribution is 0.179. The standard InChI is InChI=1S/C10H17NO2S2/c1-2-15(13)7-5-11-8-9(12)10-4-3-6-14-10/h3-4,6,9,11-12H,2,5,7-8H2,1H3. The van der Waals surface area contributed by atoms with Gasteiger partial charge in [-0.3, -0.25) is 4.21 Å². The smallest absolute Gasteiger partial charge is 0.101 e. The maximum absolute atomic E-state index is 11.1. The van der Waals surface area contributed by atoms with Gasteiger partial charge in [0, 0.05) is 40.3 Å². The number of aliphatic hydroxyl groups is 1. The fourth-order valence-corrected chi connectivity index (χ4v) is 2.52. The Labute approximate surface area is 97.0 Å². The number of hydrogen-bond donors (Lipinski definition) is 2. The Bertz CT molecular complexity index is 288. The van der Waals surface area contributed by atoms with Gasteiger partial charge in [-0.1, -0.05) is 13.0 Å². The zero-order chi connectivity index (χ0) is 11.1. The quantitative estimate of drug-likeness (QED) is 0.710. The number of nitrogens with one attached hydrogen (secondary N) is 1. The summed E-state index contributed by atoms with van der Waals surface area (Å²) in [6, 6.07) is 3.84. The Hall–Kier alpha value is -0.230. The average molecular weight is 247 g/mol. The summed E-state index contributed by atoms with van der Waals surface area (Å²) in [5.74, 6) is 1.36. The van der Waals surface area contributed by atoms with Crippen LogP contribution in [-0.4, -0.2) is 33.9 Å². The van der Waals surface area contributed by atoms with E-state index in [9.17, 15) is 9.32 Å². The Morgan fingerprint density at radius 3 is 3.07 bits per heavy atom. The van der Waals surface area contributed by atoms with Crippen molar-refractivity contribution in [2.24, 2.45) is 0 Å². The summed E-state index contributed by atoms with van der Waals surface area (Å²) in [6.45, 7) is 3.14. The summed E-state index contributed by atoms with van der Waals surface area (Å²) in [5, 5.41) is 14.8. The molecule has 2 N–H and O–H groups in total. The highest BCUT2D eigenvalue weighted by molar-refractivity contribution is 7.84. The second kappa shape index (κ2) is 7.11. The highest BCUT2D eigenvalue weighted by Crippen LogP contribution is 2.17. The molecule has 5 heteroatoms. The van der Waals surface area contributed by atoms with Gasteiger partial charge in [0.05, 0.1) is 0 Å². The van der Waals surface area contributed by atoms with Gasteiger partial charge in [-0.25, -0.2) is 0 Å². The number of thiophene rings is 1. The van der Waals surface area contributed by atoms with Crippen molar-refractivity contribution in [3.63, 3.8) is 0 Å². The van der Waals surface area contributed by atoms with Gasteiger partial charge in [-0.05, 0) is 11.4 Å². The van der Waals surface area contributed by atoms with E-state index < -0.39 is 16.9 Å². The van der Waals surface area contributed by atoms with Crippen molar-refractivity contribution >= 4 is 22.1 Å². The zero-order valence-corrected chi connectivity index (χ0v) is 10.4. The fourth-order valence-electron chi connectivity index (χ4n) is 1.15. The van der Waals surface area contributed by atoms with Crippen molar-refractivity contribution < 1.29 is 9.32 Å². The third kappa shape index (κ3) is 4.88. The Morgan fingerprint density at radius 2 is 2.47 bits per heavy atom. The van der Waals surface area contributed by atoms with Crippen molar-refractivity contribution in [1.82, 2.24) is 5.32 Å². The molecule has 0 radical (unpaired) electrons. The van der Waals surface area contributed by atoms with Gasteiger partial charge in [0.2, 0.25) is 0 Å². The van der Waals surface area contributed by atoms with E-state index in [1.807, 2.05) is 24.4 Å². The molecule has 0 saturated heterocycles. The van der Waals surface area contributed by atoms with E-state index in [-0.39, 0.29) is 0 Å². The molecular formula is C10H17NO2S2. The Balaban J connectivity index is 2.13. The number of aliphatic hydroxyl groups excluding tert-OH is 1. The molecule has 0 aliphatic rings. The van der Waals surface area contributed by atoms with Gasteiger partial charge >= 0.3 is 0 Å². The number of hydrogen-bond acceptors (Lipinski definition) is 4. The van der Waals surface area contributed by atoms with E-state index >= 15 is 0 Å². The molecule has 0 amide bonds. The van der Waals surface area contributed by atoms with Crippen molar-refractivity contribution in [1.29, 1.82) is 0 Å². The van der Waals surface area contributed by atoms with Gasteiger partial charge < -0.3 is 10.4 Å². The van der Waals surface area contributed by atoms with Gasteiger partial charge in [0.15, 0.2) is 0 Å².